The molecule has 0 bridgehead atoms. The van der Waals surface area contributed by atoms with Crippen molar-refractivity contribution in [2.24, 2.45) is 0 Å². The van der Waals surface area contributed by atoms with E-state index in [9.17, 15) is 8.42 Å². The molecule has 3 aromatic carbocycles. The summed E-state index contributed by atoms with van der Waals surface area (Å²) in [6.07, 6.45) is 0. The molecule has 29 heavy (non-hydrogen) atoms. The summed E-state index contributed by atoms with van der Waals surface area (Å²) in [5, 5.41) is 0. The van der Waals surface area contributed by atoms with Gasteiger partial charge in [0.2, 0.25) is 10.0 Å². The molecule has 3 aromatic rings. The van der Waals surface area contributed by atoms with Gasteiger partial charge in [-0.3, -0.25) is 0 Å². The van der Waals surface area contributed by atoms with E-state index < -0.39 is 16.1 Å². The highest BCUT2D eigenvalue weighted by Crippen LogP contribution is 2.30. The molecule has 0 saturated heterocycles. The summed E-state index contributed by atoms with van der Waals surface area (Å²) in [5.74, 6) is 0.676. The smallest absolute Gasteiger partial charge is 0.241 e. The molecule has 0 aliphatic rings. The van der Waals surface area contributed by atoms with Crippen LogP contribution in [0.1, 0.15) is 39.4 Å². The van der Waals surface area contributed by atoms with E-state index in [2.05, 4.69) is 10.8 Å². The number of hydrogen-bond donors (Lipinski definition) is 1. The summed E-state index contributed by atoms with van der Waals surface area (Å²) in [7, 11) is -2.18. The predicted octanol–water partition coefficient (Wildman–Crippen LogP) is 5.00. The van der Waals surface area contributed by atoms with Crippen molar-refractivity contribution in [2.45, 2.75) is 38.6 Å². The zero-order chi connectivity index (χ0) is 21.2. The van der Waals surface area contributed by atoms with Crippen molar-refractivity contribution in [1.29, 1.82) is 0 Å². The Morgan fingerprint density at radius 1 is 0.828 bits per heavy atom. The Bertz CT molecular complexity index is 1120. The molecular weight excluding hydrogens is 382 g/mol. The Morgan fingerprint density at radius 2 is 1.52 bits per heavy atom. The summed E-state index contributed by atoms with van der Waals surface area (Å²) < 4.78 is 35.0. The van der Waals surface area contributed by atoms with Gasteiger partial charge in [0.1, 0.15) is 5.75 Å². The van der Waals surface area contributed by atoms with Crippen molar-refractivity contribution < 1.29 is 13.2 Å². The maximum atomic E-state index is 13.4. The van der Waals surface area contributed by atoms with Crippen LogP contribution in [-0.2, 0) is 10.0 Å². The Balaban J connectivity index is 2.10. The highest BCUT2D eigenvalue weighted by atomic mass is 32.2. The molecule has 0 fully saturated rings. The molecule has 0 aromatic heterocycles. The van der Waals surface area contributed by atoms with E-state index in [0.29, 0.717) is 11.3 Å². The average Bonchev–Trinajstić information content (AvgIpc) is 2.68. The van der Waals surface area contributed by atoms with Crippen LogP contribution >= 0.6 is 0 Å². The lowest BCUT2D eigenvalue weighted by molar-refractivity contribution is 0.411. The van der Waals surface area contributed by atoms with Crippen LogP contribution in [-0.4, -0.2) is 15.5 Å². The molecule has 3 rings (SSSR count). The van der Waals surface area contributed by atoms with E-state index in [1.54, 1.807) is 26.2 Å². The monoisotopic (exact) mass is 409 g/mol. The van der Waals surface area contributed by atoms with Gasteiger partial charge >= 0.3 is 0 Å². The van der Waals surface area contributed by atoms with Gasteiger partial charge in [-0.15, -0.1) is 0 Å². The molecule has 0 heterocycles. The van der Waals surface area contributed by atoms with E-state index >= 15 is 0 Å². The Labute approximate surface area is 173 Å². The first kappa shape index (κ1) is 21.1. The number of ether oxygens (including phenoxy) is 1. The van der Waals surface area contributed by atoms with Gasteiger partial charge in [0.25, 0.3) is 0 Å². The van der Waals surface area contributed by atoms with Crippen molar-refractivity contribution >= 4 is 10.0 Å². The van der Waals surface area contributed by atoms with Crippen molar-refractivity contribution in [2.75, 3.05) is 7.11 Å². The average molecular weight is 410 g/mol. The molecule has 0 aliphatic carbocycles. The molecule has 0 unspecified atom stereocenters. The maximum Gasteiger partial charge on any atom is 0.241 e. The van der Waals surface area contributed by atoms with Crippen molar-refractivity contribution in [1.82, 2.24) is 4.72 Å². The predicted molar refractivity (Wildman–Crippen MR) is 117 cm³/mol. The number of aryl methyl sites for hydroxylation is 4. The second-order valence-electron chi connectivity index (χ2n) is 7.41. The molecule has 0 radical (unpaired) electrons. The Morgan fingerprint density at radius 3 is 2.14 bits per heavy atom. The van der Waals surface area contributed by atoms with Gasteiger partial charge in [-0.05, 0) is 67.6 Å². The quantitative estimate of drug-likeness (QED) is 0.623. The lowest BCUT2D eigenvalue weighted by atomic mass is 9.95. The molecule has 0 spiro atoms. The number of hydrogen-bond acceptors (Lipinski definition) is 3. The first-order valence-corrected chi connectivity index (χ1v) is 11.0. The summed E-state index contributed by atoms with van der Waals surface area (Å²) >= 11 is 0. The van der Waals surface area contributed by atoms with Crippen LogP contribution in [0.15, 0.2) is 65.6 Å². The maximum absolute atomic E-state index is 13.4. The molecule has 152 valence electrons. The lowest BCUT2D eigenvalue weighted by Crippen LogP contribution is -2.30. The number of sulfonamides is 1. The van der Waals surface area contributed by atoms with Gasteiger partial charge in [0.15, 0.2) is 0 Å². The fourth-order valence-electron chi connectivity index (χ4n) is 3.60. The van der Waals surface area contributed by atoms with E-state index in [1.807, 2.05) is 63.2 Å². The molecule has 4 nitrogen and oxygen atoms in total. The highest BCUT2D eigenvalue weighted by Gasteiger charge is 2.26. The number of rotatable bonds is 6. The summed E-state index contributed by atoms with van der Waals surface area (Å²) in [5.41, 5.74) is 5.44. The fraction of sp³-hybridized carbons (Fsp3) is 0.250. The van der Waals surface area contributed by atoms with Crippen LogP contribution in [0.25, 0.3) is 0 Å². The standard InChI is InChI=1S/C24H27NO3S/c1-16-11-12-21(17(2)13-16)24(20-9-7-6-8-10-20)25-29(26,27)23-15-18(3)22(28-5)14-19(23)4/h6-15,24-25H,1-5H3/t24-/m1/s1. The third-order valence-electron chi connectivity index (χ3n) is 5.12. The molecule has 1 atom stereocenters. The molecular formula is C24H27NO3S. The molecule has 1 N–H and O–H groups in total. The van der Waals surface area contributed by atoms with Gasteiger partial charge in [-0.2, -0.15) is 4.72 Å². The second kappa shape index (κ2) is 8.39. The van der Waals surface area contributed by atoms with E-state index in [-0.39, 0.29) is 4.90 Å². The summed E-state index contributed by atoms with van der Waals surface area (Å²) in [6, 6.07) is 18.7. The van der Waals surface area contributed by atoms with Crippen molar-refractivity contribution in [3.63, 3.8) is 0 Å². The minimum Gasteiger partial charge on any atom is -0.496 e. The van der Waals surface area contributed by atoms with E-state index in [1.165, 1.54) is 0 Å². The first-order chi connectivity index (χ1) is 13.7. The van der Waals surface area contributed by atoms with Gasteiger partial charge < -0.3 is 4.74 Å². The minimum atomic E-state index is -3.77. The SMILES string of the molecule is COc1cc(C)c(S(=O)(=O)N[C@H](c2ccccc2)c2ccc(C)cc2C)cc1C. The second-order valence-corrected chi connectivity index (χ2v) is 9.09. The largest absolute Gasteiger partial charge is 0.496 e. The van der Waals surface area contributed by atoms with E-state index in [4.69, 9.17) is 4.74 Å². The van der Waals surface area contributed by atoms with Crippen LogP contribution in [0.4, 0.5) is 0 Å². The lowest BCUT2D eigenvalue weighted by Gasteiger charge is -2.23. The molecule has 0 amide bonds. The third kappa shape index (κ3) is 4.52. The number of benzene rings is 3. The van der Waals surface area contributed by atoms with Crippen molar-refractivity contribution in [3.05, 3.63) is 94.0 Å². The Hall–Kier alpha value is -2.63. The zero-order valence-corrected chi connectivity index (χ0v) is 18.3. The Kier molecular flexibility index (Phi) is 6.10. The topological polar surface area (TPSA) is 55.4 Å². The van der Waals surface area contributed by atoms with Crippen LogP contribution in [0, 0.1) is 27.7 Å². The van der Waals surface area contributed by atoms with Gasteiger partial charge in [-0.25, -0.2) is 8.42 Å². The van der Waals surface area contributed by atoms with Crippen LogP contribution in [0.2, 0.25) is 0 Å². The van der Waals surface area contributed by atoms with Gasteiger partial charge in [0, 0.05) is 0 Å². The first-order valence-electron chi connectivity index (χ1n) is 9.52. The highest BCUT2D eigenvalue weighted by molar-refractivity contribution is 7.89. The van der Waals surface area contributed by atoms with Crippen molar-refractivity contribution in [3.8, 4) is 5.75 Å². The summed E-state index contributed by atoms with van der Waals surface area (Å²) in [6.45, 7) is 7.67. The fourth-order valence-corrected chi connectivity index (χ4v) is 5.11. The third-order valence-corrected chi connectivity index (χ3v) is 6.69. The van der Waals surface area contributed by atoms with Crippen LogP contribution in [0.3, 0.4) is 0 Å². The molecule has 0 aliphatic heterocycles. The number of nitrogens with one attached hydrogen (secondary N) is 1. The van der Waals surface area contributed by atoms with Gasteiger partial charge in [-0.1, -0.05) is 54.1 Å². The van der Waals surface area contributed by atoms with E-state index in [0.717, 1.165) is 27.8 Å². The van der Waals surface area contributed by atoms with Crippen LogP contribution in [0.5, 0.6) is 5.75 Å². The molecule has 5 heteroatoms. The summed E-state index contributed by atoms with van der Waals surface area (Å²) in [4.78, 5) is 0.265. The normalized spacial score (nSPS) is 12.6. The molecule has 0 saturated carbocycles. The number of methoxy groups -OCH3 is 1. The van der Waals surface area contributed by atoms with Crippen LogP contribution < -0.4 is 9.46 Å². The van der Waals surface area contributed by atoms with Gasteiger partial charge in [0.05, 0.1) is 18.0 Å². The zero-order valence-electron chi connectivity index (χ0n) is 17.5. The minimum absolute atomic E-state index is 0.265.